The predicted octanol–water partition coefficient (Wildman–Crippen LogP) is 4.17. The number of halogens is 1. The lowest BCUT2D eigenvalue weighted by Gasteiger charge is -2.22. The summed E-state index contributed by atoms with van der Waals surface area (Å²) in [6.07, 6.45) is -0.389. The van der Waals surface area contributed by atoms with Gasteiger partial charge in [-0.25, -0.2) is 4.79 Å². The van der Waals surface area contributed by atoms with Crippen LogP contribution in [0.5, 0.6) is 0 Å². The molecule has 100 valence electrons. The third-order valence-corrected chi connectivity index (χ3v) is 3.01. The molecule has 3 nitrogen and oxygen atoms in total. The molecule has 1 aromatic rings. The van der Waals surface area contributed by atoms with Gasteiger partial charge in [0.15, 0.2) is 0 Å². The van der Waals surface area contributed by atoms with Crippen LogP contribution in [0.4, 0.5) is 4.79 Å². The average molecular weight is 314 g/mol. The topological polar surface area (TPSA) is 38.3 Å². The Kier molecular flexibility index (Phi) is 5.20. The minimum Gasteiger partial charge on any atom is -0.444 e. The molecule has 0 unspecified atom stereocenters. The molecule has 0 heterocycles. The first-order chi connectivity index (χ1) is 8.31. The van der Waals surface area contributed by atoms with E-state index in [1.807, 2.05) is 52.0 Å². The SMILES string of the molecule is C[C@@H](NC(=O)OC(C)(C)C)c1ccc(CBr)cc1. The molecule has 0 fully saturated rings. The summed E-state index contributed by atoms with van der Waals surface area (Å²) in [5, 5.41) is 3.65. The largest absolute Gasteiger partial charge is 0.444 e. The highest BCUT2D eigenvalue weighted by molar-refractivity contribution is 9.08. The second-order valence-corrected chi connectivity index (χ2v) is 5.80. The zero-order valence-corrected chi connectivity index (χ0v) is 12.9. The van der Waals surface area contributed by atoms with E-state index in [1.165, 1.54) is 5.56 Å². The van der Waals surface area contributed by atoms with Gasteiger partial charge >= 0.3 is 6.09 Å². The number of carbonyl (C=O) groups excluding carboxylic acids is 1. The van der Waals surface area contributed by atoms with Crippen molar-refractivity contribution in [3.8, 4) is 0 Å². The number of rotatable bonds is 3. The van der Waals surface area contributed by atoms with Crippen molar-refractivity contribution in [3.05, 3.63) is 35.4 Å². The van der Waals surface area contributed by atoms with E-state index >= 15 is 0 Å². The zero-order chi connectivity index (χ0) is 13.8. The van der Waals surface area contributed by atoms with Crippen LogP contribution in [-0.4, -0.2) is 11.7 Å². The lowest BCUT2D eigenvalue weighted by atomic mass is 10.1. The first-order valence-corrected chi connectivity index (χ1v) is 7.08. The second-order valence-electron chi connectivity index (χ2n) is 5.24. The first-order valence-electron chi connectivity index (χ1n) is 5.96. The Labute approximate surface area is 117 Å². The number of nitrogens with one attached hydrogen (secondary N) is 1. The van der Waals surface area contributed by atoms with Crippen molar-refractivity contribution in [1.82, 2.24) is 5.32 Å². The van der Waals surface area contributed by atoms with Gasteiger partial charge in [0.25, 0.3) is 0 Å². The number of alkyl halides is 1. The van der Waals surface area contributed by atoms with Crippen LogP contribution in [0, 0.1) is 0 Å². The summed E-state index contributed by atoms with van der Waals surface area (Å²) < 4.78 is 5.22. The van der Waals surface area contributed by atoms with Gasteiger partial charge in [0.05, 0.1) is 6.04 Å². The molecule has 0 radical (unpaired) electrons. The standard InChI is InChI=1S/C14H20BrNO2/c1-10(16-13(17)18-14(2,3)4)12-7-5-11(9-15)6-8-12/h5-8,10H,9H2,1-4H3,(H,16,17)/t10-/m1/s1. The number of amides is 1. The number of hydrogen-bond donors (Lipinski definition) is 1. The maximum Gasteiger partial charge on any atom is 0.408 e. The van der Waals surface area contributed by atoms with Gasteiger partial charge < -0.3 is 10.1 Å². The van der Waals surface area contributed by atoms with E-state index in [1.54, 1.807) is 0 Å². The Balaban J connectivity index is 2.59. The third kappa shape index (κ3) is 5.08. The molecule has 0 aliphatic rings. The molecule has 0 bridgehead atoms. The second kappa shape index (κ2) is 6.23. The van der Waals surface area contributed by atoms with Gasteiger partial charge in [-0.05, 0) is 38.8 Å². The number of alkyl carbamates (subject to hydrolysis) is 1. The first kappa shape index (κ1) is 15.0. The summed E-state index contributed by atoms with van der Waals surface area (Å²) >= 11 is 3.40. The van der Waals surface area contributed by atoms with Crippen LogP contribution in [0.3, 0.4) is 0 Å². The van der Waals surface area contributed by atoms with E-state index < -0.39 is 5.60 Å². The van der Waals surface area contributed by atoms with Gasteiger partial charge in [-0.1, -0.05) is 40.2 Å². The van der Waals surface area contributed by atoms with Crippen LogP contribution in [0.15, 0.2) is 24.3 Å². The minimum atomic E-state index is -0.469. The van der Waals surface area contributed by atoms with Crippen LogP contribution in [0.2, 0.25) is 0 Å². The molecule has 18 heavy (non-hydrogen) atoms. The van der Waals surface area contributed by atoms with Crippen LogP contribution in [0.25, 0.3) is 0 Å². The Hall–Kier alpha value is -1.03. The van der Waals surface area contributed by atoms with Crippen LogP contribution >= 0.6 is 15.9 Å². The van der Waals surface area contributed by atoms with Gasteiger partial charge in [0, 0.05) is 5.33 Å². The number of benzene rings is 1. The Morgan fingerprint density at radius 3 is 2.33 bits per heavy atom. The lowest BCUT2D eigenvalue weighted by Crippen LogP contribution is -2.34. The summed E-state index contributed by atoms with van der Waals surface area (Å²) in [5.74, 6) is 0. The Morgan fingerprint density at radius 2 is 1.89 bits per heavy atom. The highest BCUT2D eigenvalue weighted by atomic mass is 79.9. The zero-order valence-electron chi connectivity index (χ0n) is 11.3. The molecule has 1 aromatic carbocycles. The fourth-order valence-electron chi connectivity index (χ4n) is 1.46. The third-order valence-electron chi connectivity index (χ3n) is 2.37. The maximum atomic E-state index is 11.6. The van der Waals surface area contributed by atoms with E-state index in [2.05, 4.69) is 21.2 Å². The molecule has 0 saturated heterocycles. The smallest absolute Gasteiger partial charge is 0.408 e. The van der Waals surface area contributed by atoms with Gasteiger partial charge in [0.1, 0.15) is 5.60 Å². The van der Waals surface area contributed by atoms with E-state index in [0.717, 1.165) is 10.9 Å². The molecular weight excluding hydrogens is 294 g/mol. The van der Waals surface area contributed by atoms with Crippen molar-refractivity contribution >= 4 is 22.0 Å². The van der Waals surface area contributed by atoms with Crippen LogP contribution in [0.1, 0.15) is 44.9 Å². The quantitative estimate of drug-likeness (QED) is 0.851. The van der Waals surface area contributed by atoms with Crippen molar-refractivity contribution < 1.29 is 9.53 Å². The highest BCUT2D eigenvalue weighted by Crippen LogP contribution is 2.16. The van der Waals surface area contributed by atoms with E-state index in [9.17, 15) is 4.79 Å². The molecule has 0 spiro atoms. The molecule has 4 heteroatoms. The van der Waals surface area contributed by atoms with Gasteiger partial charge in [-0.3, -0.25) is 0 Å². The molecule has 0 saturated carbocycles. The summed E-state index contributed by atoms with van der Waals surface area (Å²) in [4.78, 5) is 11.6. The molecule has 1 amide bonds. The molecule has 0 aromatic heterocycles. The van der Waals surface area contributed by atoms with Crippen molar-refractivity contribution in [2.75, 3.05) is 0 Å². The predicted molar refractivity (Wildman–Crippen MR) is 76.9 cm³/mol. The Bertz CT molecular complexity index is 395. The molecule has 1 atom stereocenters. The number of carbonyl (C=O) groups is 1. The van der Waals surface area contributed by atoms with Crippen molar-refractivity contribution in [2.45, 2.75) is 44.7 Å². The number of hydrogen-bond acceptors (Lipinski definition) is 2. The van der Waals surface area contributed by atoms with Crippen LogP contribution in [-0.2, 0) is 10.1 Å². The van der Waals surface area contributed by atoms with Crippen molar-refractivity contribution in [2.24, 2.45) is 0 Å². The maximum absolute atomic E-state index is 11.6. The molecule has 1 N–H and O–H groups in total. The Morgan fingerprint density at radius 1 is 1.33 bits per heavy atom. The summed E-state index contributed by atoms with van der Waals surface area (Å²) in [6.45, 7) is 7.49. The minimum absolute atomic E-state index is 0.0655. The van der Waals surface area contributed by atoms with Crippen molar-refractivity contribution in [1.29, 1.82) is 0 Å². The highest BCUT2D eigenvalue weighted by Gasteiger charge is 2.18. The molecule has 1 rings (SSSR count). The lowest BCUT2D eigenvalue weighted by molar-refractivity contribution is 0.0508. The molecular formula is C14H20BrNO2. The van der Waals surface area contributed by atoms with Gasteiger partial charge in [0.2, 0.25) is 0 Å². The molecule has 0 aliphatic heterocycles. The monoisotopic (exact) mass is 313 g/mol. The fourth-order valence-corrected chi connectivity index (χ4v) is 1.84. The van der Waals surface area contributed by atoms with Gasteiger partial charge in [-0.2, -0.15) is 0 Å². The van der Waals surface area contributed by atoms with Crippen LogP contribution < -0.4 is 5.32 Å². The van der Waals surface area contributed by atoms with E-state index in [4.69, 9.17) is 4.74 Å². The average Bonchev–Trinajstić information content (AvgIpc) is 2.26. The molecule has 0 aliphatic carbocycles. The normalized spacial score (nSPS) is 12.9. The van der Waals surface area contributed by atoms with E-state index in [-0.39, 0.29) is 12.1 Å². The summed E-state index contributed by atoms with van der Waals surface area (Å²) in [5.41, 5.74) is 1.80. The number of ether oxygens (including phenoxy) is 1. The summed E-state index contributed by atoms with van der Waals surface area (Å²) in [6, 6.07) is 8.04. The summed E-state index contributed by atoms with van der Waals surface area (Å²) in [7, 11) is 0. The van der Waals surface area contributed by atoms with E-state index in [0.29, 0.717) is 0 Å². The fraction of sp³-hybridized carbons (Fsp3) is 0.500. The van der Waals surface area contributed by atoms with Crippen molar-refractivity contribution in [3.63, 3.8) is 0 Å². The van der Waals surface area contributed by atoms with Gasteiger partial charge in [-0.15, -0.1) is 0 Å².